The maximum atomic E-state index is 11.0. The third-order valence-electron chi connectivity index (χ3n) is 3.85. The van der Waals surface area contributed by atoms with Crippen molar-refractivity contribution in [3.8, 4) is 0 Å². The Morgan fingerprint density at radius 3 is 1.53 bits per heavy atom. The first-order valence-corrected chi connectivity index (χ1v) is 5.06. The van der Waals surface area contributed by atoms with Gasteiger partial charge in [0, 0.05) is 0 Å². The van der Waals surface area contributed by atoms with Crippen molar-refractivity contribution in [1.29, 1.82) is 0 Å². The summed E-state index contributed by atoms with van der Waals surface area (Å²) in [5.74, 6) is -3.67. The number of aliphatic carboxylic acids is 2. The molecule has 0 aromatic rings. The van der Waals surface area contributed by atoms with Crippen LogP contribution in [0.5, 0.6) is 0 Å². The highest BCUT2D eigenvalue weighted by molar-refractivity contribution is 5.82. The van der Waals surface area contributed by atoms with E-state index in [9.17, 15) is 9.59 Å². The van der Waals surface area contributed by atoms with E-state index in [1.807, 2.05) is 13.8 Å². The molecule has 0 amide bonds. The third-order valence-corrected chi connectivity index (χ3v) is 3.85. The van der Waals surface area contributed by atoms with Gasteiger partial charge in [0.1, 0.15) is 0 Å². The number of rotatable bonds is 2. The molecule has 15 heavy (non-hydrogen) atoms. The van der Waals surface area contributed by atoms with Crippen LogP contribution < -0.4 is 0 Å². The number of ether oxygens (including phenoxy) is 1. The lowest BCUT2D eigenvalue weighted by atomic mass is 9.69. The van der Waals surface area contributed by atoms with Crippen molar-refractivity contribution in [2.45, 2.75) is 26.1 Å². The van der Waals surface area contributed by atoms with Crippen molar-refractivity contribution in [2.24, 2.45) is 23.7 Å². The van der Waals surface area contributed by atoms with Gasteiger partial charge in [0.25, 0.3) is 0 Å². The average molecular weight is 214 g/mol. The van der Waals surface area contributed by atoms with Gasteiger partial charge < -0.3 is 14.9 Å². The molecule has 0 aliphatic carbocycles. The molecule has 5 heteroatoms. The zero-order valence-corrected chi connectivity index (χ0v) is 8.58. The van der Waals surface area contributed by atoms with E-state index < -0.39 is 36.0 Å². The topological polar surface area (TPSA) is 83.8 Å². The highest BCUT2D eigenvalue weighted by Crippen LogP contribution is 2.49. The molecule has 5 nitrogen and oxygen atoms in total. The minimum Gasteiger partial charge on any atom is -0.481 e. The number of hydrogen-bond acceptors (Lipinski definition) is 3. The first kappa shape index (κ1) is 10.4. The van der Waals surface area contributed by atoms with Crippen LogP contribution in [0.15, 0.2) is 0 Å². The molecule has 6 atom stereocenters. The SMILES string of the molecule is C[C@@H]1[C@H](C)[C@@H]2O[C@H]1[C@H](C(=O)O)[C@@H]2C(=O)O. The Balaban J connectivity index is 2.32. The molecule has 0 saturated carbocycles. The van der Waals surface area contributed by atoms with Crippen LogP contribution in [0.1, 0.15) is 13.8 Å². The molecule has 2 heterocycles. The number of hydrogen-bond donors (Lipinski definition) is 2. The lowest BCUT2D eigenvalue weighted by Gasteiger charge is -2.30. The van der Waals surface area contributed by atoms with Crippen LogP contribution >= 0.6 is 0 Å². The molecule has 2 bridgehead atoms. The molecule has 0 aromatic heterocycles. The van der Waals surface area contributed by atoms with Crippen molar-refractivity contribution in [2.75, 3.05) is 0 Å². The summed E-state index contributed by atoms with van der Waals surface area (Å²) in [6.07, 6.45) is -0.882. The lowest BCUT2D eigenvalue weighted by molar-refractivity contribution is -0.155. The normalized spacial score (nSPS) is 48.1. The van der Waals surface area contributed by atoms with Gasteiger partial charge in [-0.05, 0) is 11.8 Å². The van der Waals surface area contributed by atoms with Crippen LogP contribution in [-0.2, 0) is 14.3 Å². The Bertz CT molecular complexity index is 283. The van der Waals surface area contributed by atoms with Crippen molar-refractivity contribution in [3.05, 3.63) is 0 Å². The number of carboxylic acid groups (broad SMARTS) is 2. The molecule has 0 aromatic carbocycles. The van der Waals surface area contributed by atoms with Gasteiger partial charge in [0.05, 0.1) is 24.0 Å². The quantitative estimate of drug-likeness (QED) is 0.696. The summed E-state index contributed by atoms with van der Waals surface area (Å²) in [5.41, 5.74) is 0. The number of carbonyl (C=O) groups is 2. The second-order valence-electron chi connectivity index (χ2n) is 4.51. The van der Waals surface area contributed by atoms with Crippen molar-refractivity contribution < 1.29 is 24.5 Å². The third kappa shape index (κ3) is 1.26. The molecular weight excluding hydrogens is 200 g/mol. The van der Waals surface area contributed by atoms with Gasteiger partial charge in [-0.15, -0.1) is 0 Å². The summed E-state index contributed by atoms with van der Waals surface area (Å²) < 4.78 is 5.48. The van der Waals surface area contributed by atoms with Gasteiger partial charge in [-0.2, -0.15) is 0 Å². The zero-order chi connectivity index (χ0) is 11.3. The minimum absolute atomic E-state index is 0.117. The van der Waals surface area contributed by atoms with Crippen molar-refractivity contribution >= 4 is 11.9 Å². The van der Waals surface area contributed by atoms with Crippen molar-refractivity contribution in [1.82, 2.24) is 0 Å². The molecule has 84 valence electrons. The van der Waals surface area contributed by atoms with E-state index in [0.29, 0.717) is 0 Å². The fourth-order valence-electron chi connectivity index (χ4n) is 2.85. The van der Waals surface area contributed by atoms with Gasteiger partial charge in [-0.1, -0.05) is 13.8 Å². The summed E-state index contributed by atoms with van der Waals surface area (Å²) in [6.45, 7) is 3.84. The monoisotopic (exact) mass is 214 g/mol. The molecular formula is C10H14O5. The van der Waals surface area contributed by atoms with Crippen LogP contribution in [0, 0.1) is 23.7 Å². The molecule has 2 fully saturated rings. The van der Waals surface area contributed by atoms with Crippen LogP contribution in [0.4, 0.5) is 0 Å². The van der Waals surface area contributed by atoms with E-state index in [1.165, 1.54) is 0 Å². The summed E-state index contributed by atoms with van der Waals surface area (Å²) in [6, 6.07) is 0. The second kappa shape index (κ2) is 3.20. The number of fused-ring (bicyclic) bond motifs is 2. The van der Waals surface area contributed by atoms with Crippen LogP contribution in [0.25, 0.3) is 0 Å². The smallest absolute Gasteiger partial charge is 0.310 e. The standard InChI is InChI=1S/C10H14O5/c1-3-4(2)8-6(10(13)14)5(9(11)12)7(3)15-8/h3-8H,1-2H3,(H,11,12)(H,13,14)/t3-,4+,5-,6+,7-,8+. The van der Waals surface area contributed by atoms with Gasteiger partial charge >= 0.3 is 11.9 Å². The molecule has 2 rings (SSSR count). The van der Waals surface area contributed by atoms with E-state index in [1.54, 1.807) is 0 Å². The molecule has 2 N–H and O–H groups in total. The summed E-state index contributed by atoms with van der Waals surface area (Å²) in [5, 5.41) is 18.0. The maximum absolute atomic E-state index is 11.0. The Labute approximate surface area is 87.0 Å². The van der Waals surface area contributed by atoms with Gasteiger partial charge in [-0.25, -0.2) is 0 Å². The Morgan fingerprint density at radius 2 is 1.27 bits per heavy atom. The zero-order valence-electron chi connectivity index (χ0n) is 8.58. The highest BCUT2D eigenvalue weighted by atomic mass is 16.5. The lowest BCUT2D eigenvalue weighted by Crippen LogP contribution is -2.44. The maximum Gasteiger partial charge on any atom is 0.310 e. The molecule has 0 unspecified atom stereocenters. The van der Waals surface area contributed by atoms with Gasteiger partial charge in [0.2, 0.25) is 0 Å². The van der Waals surface area contributed by atoms with Crippen LogP contribution in [0.3, 0.4) is 0 Å². The first-order chi connectivity index (χ1) is 6.95. The van der Waals surface area contributed by atoms with Gasteiger partial charge in [-0.3, -0.25) is 9.59 Å². The molecule has 2 saturated heterocycles. The van der Waals surface area contributed by atoms with Crippen molar-refractivity contribution in [3.63, 3.8) is 0 Å². The predicted octanol–water partition coefficient (Wildman–Crippen LogP) is 0.441. The molecule has 0 spiro atoms. The van der Waals surface area contributed by atoms with E-state index in [4.69, 9.17) is 14.9 Å². The summed E-state index contributed by atoms with van der Waals surface area (Å²) in [7, 11) is 0. The van der Waals surface area contributed by atoms with E-state index in [-0.39, 0.29) is 11.8 Å². The summed E-state index contributed by atoms with van der Waals surface area (Å²) >= 11 is 0. The fraction of sp³-hybridized carbons (Fsp3) is 0.800. The van der Waals surface area contributed by atoms with E-state index >= 15 is 0 Å². The molecule has 2 aliphatic heterocycles. The van der Waals surface area contributed by atoms with E-state index in [2.05, 4.69) is 0 Å². The Kier molecular flexibility index (Phi) is 2.22. The van der Waals surface area contributed by atoms with Crippen LogP contribution in [-0.4, -0.2) is 34.4 Å². The largest absolute Gasteiger partial charge is 0.481 e. The fourth-order valence-corrected chi connectivity index (χ4v) is 2.85. The molecule has 2 aliphatic rings. The minimum atomic E-state index is -1.06. The van der Waals surface area contributed by atoms with Gasteiger partial charge in [0.15, 0.2) is 0 Å². The molecule has 0 radical (unpaired) electrons. The predicted molar refractivity (Wildman–Crippen MR) is 49.2 cm³/mol. The Morgan fingerprint density at radius 1 is 0.933 bits per heavy atom. The van der Waals surface area contributed by atoms with Crippen LogP contribution in [0.2, 0.25) is 0 Å². The first-order valence-electron chi connectivity index (χ1n) is 5.06. The van der Waals surface area contributed by atoms with E-state index in [0.717, 1.165) is 0 Å². The summed E-state index contributed by atoms with van der Waals surface area (Å²) in [4.78, 5) is 22.0. The highest BCUT2D eigenvalue weighted by Gasteiger charge is 2.61. The second-order valence-corrected chi connectivity index (χ2v) is 4.51. The Hall–Kier alpha value is -1.10. The number of carboxylic acids is 2. The average Bonchev–Trinajstić information content (AvgIpc) is 2.64.